The summed E-state index contributed by atoms with van der Waals surface area (Å²) in [6.07, 6.45) is -1.30. The maximum atomic E-state index is 14.4. The molecule has 3 rings (SSSR count). The van der Waals surface area contributed by atoms with Crippen LogP contribution in [-0.2, 0) is 19.7 Å². The van der Waals surface area contributed by atoms with Gasteiger partial charge < -0.3 is 19.9 Å². The van der Waals surface area contributed by atoms with Gasteiger partial charge in [-0.3, -0.25) is 0 Å². The molecule has 1 aromatic rings. The van der Waals surface area contributed by atoms with Crippen molar-refractivity contribution >= 4 is 6.02 Å². The molecule has 5 nitrogen and oxygen atoms in total. The van der Waals surface area contributed by atoms with E-state index in [9.17, 15) is 8.78 Å². The van der Waals surface area contributed by atoms with Gasteiger partial charge in [-0.1, -0.05) is 18.2 Å². The SMILES string of the molecule is COC[C@@H]1O[C@H](C)[C@H]2OC(N)=N[C@](CF)(c3ccccc3F)[C@H]21. The molecule has 1 aromatic carbocycles. The van der Waals surface area contributed by atoms with Crippen molar-refractivity contribution in [3.8, 4) is 0 Å². The number of hydrogen-bond acceptors (Lipinski definition) is 5. The van der Waals surface area contributed by atoms with E-state index in [1.807, 2.05) is 6.92 Å². The van der Waals surface area contributed by atoms with Crippen LogP contribution in [0.25, 0.3) is 0 Å². The van der Waals surface area contributed by atoms with Gasteiger partial charge in [-0.2, -0.15) is 0 Å². The summed E-state index contributed by atoms with van der Waals surface area (Å²) >= 11 is 0. The molecule has 1 fully saturated rings. The van der Waals surface area contributed by atoms with E-state index in [0.717, 1.165) is 0 Å². The van der Waals surface area contributed by atoms with Gasteiger partial charge in [-0.25, -0.2) is 13.8 Å². The van der Waals surface area contributed by atoms with Crippen molar-refractivity contribution in [1.82, 2.24) is 0 Å². The Hall–Kier alpha value is -1.73. The number of amidine groups is 1. The lowest BCUT2D eigenvalue weighted by Crippen LogP contribution is -2.53. The van der Waals surface area contributed by atoms with E-state index in [1.54, 1.807) is 12.1 Å². The largest absolute Gasteiger partial charge is 0.459 e. The summed E-state index contributed by atoms with van der Waals surface area (Å²) in [4.78, 5) is 4.19. The second-order valence-corrected chi connectivity index (χ2v) is 5.93. The second-order valence-electron chi connectivity index (χ2n) is 5.93. The number of hydrogen-bond donors (Lipinski definition) is 1. The van der Waals surface area contributed by atoms with E-state index in [4.69, 9.17) is 19.9 Å². The molecule has 2 aliphatic heterocycles. The highest BCUT2D eigenvalue weighted by molar-refractivity contribution is 5.73. The van der Waals surface area contributed by atoms with Gasteiger partial charge >= 0.3 is 0 Å². The van der Waals surface area contributed by atoms with Crippen LogP contribution in [0.1, 0.15) is 12.5 Å². The number of nitrogens with zero attached hydrogens (tertiary/aromatic N) is 1. The maximum Gasteiger partial charge on any atom is 0.283 e. The first kappa shape index (κ1) is 16.1. The number of rotatable bonds is 4. The number of benzene rings is 1. The summed E-state index contributed by atoms with van der Waals surface area (Å²) in [6.45, 7) is 1.15. The molecule has 5 atom stereocenters. The molecule has 2 aliphatic rings. The number of fused-ring (bicyclic) bond motifs is 1. The average molecular weight is 326 g/mol. The Balaban J connectivity index is 2.16. The number of ether oxygens (including phenoxy) is 3. The van der Waals surface area contributed by atoms with Crippen LogP contribution in [0.2, 0.25) is 0 Å². The maximum absolute atomic E-state index is 14.4. The van der Waals surface area contributed by atoms with Gasteiger partial charge in [0.1, 0.15) is 24.1 Å². The molecule has 0 radical (unpaired) electrons. The Kier molecular flexibility index (Phi) is 4.25. The predicted octanol–water partition coefficient (Wildman–Crippen LogP) is 1.75. The van der Waals surface area contributed by atoms with Crippen LogP contribution in [0, 0.1) is 11.7 Å². The van der Waals surface area contributed by atoms with Crippen molar-refractivity contribution in [1.29, 1.82) is 0 Å². The lowest BCUT2D eigenvalue weighted by Gasteiger charge is -2.41. The van der Waals surface area contributed by atoms with Gasteiger partial charge in [0, 0.05) is 12.7 Å². The zero-order valence-electron chi connectivity index (χ0n) is 13.0. The van der Waals surface area contributed by atoms with Crippen molar-refractivity contribution in [3.63, 3.8) is 0 Å². The number of nitrogens with two attached hydrogens (primary N) is 1. The van der Waals surface area contributed by atoms with E-state index in [2.05, 4.69) is 4.99 Å². The van der Waals surface area contributed by atoms with Crippen LogP contribution in [0.3, 0.4) is 0 Å². The van der Waals surface area contributed by atoms with Crippen molar-refractivity contribution in [3.05, 3.63) is 35.6 Å². The minimum absolute atomic E-state index is 0.152. The van der Waals surface area contributed by atoms with Crippen LogP contribution >= 0.6 is 0 Å². The minimum atomic E-state index is -1.48. The summed E-state index contributed by atoms with van der Waals surface area (Å²) in [7, 11) is 1.53. The molecule has 0 bridgehead atoms. The van der Waals surface area contributed by atoms with Crippen molar-refractivity contribution in [2.45, 2.75) is 30.8 Å². The molecule has 0 saturated carbocycles. The Morgan fingerprint density at radius 3 is 2.78 bits per heavy atom. The number of halogens is 2. The summed E-state index contributed by atoms with van der Waals surface area (Å²) < 4.78 is 45.3. The topological polar surface area (TPSA) is 66.1 Å². The fourth-order valence-electron chi connectivity index (χ4n) is 3.68. The fraction of sp³-hybridized carbons (Fsp3) is 0.562. The molecular weight excluding hydrogens is 306 g/mol. The average Bonchev–Trinajstić information content (AvgIpc) is 2.84. The molecule has 23 heavy (non-hydrogen) atoms. The zero-order chi connectivity index (χ0) is 16.6. The normalized spacial score (nSPS) is 36.3. The summed E-state index contributed by atoms with van der Waals surface area (Å²) in [5, 5.41) is 0. The van der Waals surface area contributed by atoms with E-state index >= 15 is 0 Å². The zero-order valence-corrected chi connectivity index (χ0v) is 13.0. The molecule has 0 aromatic heterocycles. The van der Waals surface area contributed by atoms with E-state index in [-0.39, 0.29) is 24.3 Å². The second kappa shape index (κ2) is 6.05. The van der Waals surface area contributed by atoms with Crippen LogP contribution in [0.4, 0.5) is 8.78 Å². The van der Waals surface area contributed by atoms with Crippen LogP contribution < -0.4 is 5.73 Å². The highest BCUT2D eigenvalue weighted by Crippen LogP contribution is 2.48. The van der Waals surface area contributed by atoms with Crippen molar-refractivity contribution in [2.75, 3.05) is 20.4 Å². The quantitative estimate of drug-likeness (QED) is 0.915. The van der Waals surface area contributed by atoms with E-state index in [1.165, 1.54) is 19.2 Å². The monoisotopic (exact) mass is 326 g/mol. The highest BCUT2D eigenvalue weighted by atomic mass is 19.1. The molecule has 0 spiro atoms. The van der Waals surface area contributed by atoms with Crippen LogP contribution in [0.15, 0.2) is 29.3 Å². The molecule has 7 heteroatoms. The Morgan fingerprint density at radius 2 is 2.13 bits per heavy atom. The lowest BCUT2D eigenvalue weighted by molar-refractivity contribution is -0.0211. The summed E-state index contributed by atoms with van der Waals surface area (Å²) in [5.74, 6) is -1.07. The molecule has 1 saturated heterocycles. The van der Waals surface area contributed by atoms with Crippen LogP contribution in [0.5, 0.6) is 0 Å². The molecule has 0 aliphatic carbocycles. The van der Waals surface area contributed by atoms with Crippen molar-refractivity contribution in [2.24, 2.45) is 16.6 Å². The molecule has 0 unspecified atom stereocenters. The van der Waals surface area contributed by atoms with Gasteiger partial charge in [-0.05, 0) is 13.0 Å². The van der Waals surface area contributed by atoms with Gasteiger partial charge in [0.05, 0.1) is 24.7 Å². The lowest BCUT2D eigenvalue weighted by atomic mass is 9.73. The standard InChI is InChI=1S/C16H20F2N2O3/c1-9-14-13(12(22-9)7-21-2)16(8-17,20-15(19)23-14)10-5-3-4-6-11(10)18/h3-6,9,12-14H,7-8H2,1-2H3,(H2,19,20)/t9-,12+,13+,14-,16-/m1/s1. The van der Waals surface area contributed by atoms with Gasteiger partial charge in [0.2, 0.25) is 0 Å². The van der Waals surface area contributed by atoms with Gasteiger partial charge in [0.25, 0.3) is 6.02 Å². The Morgan fingerprint density at radius 1 is 1.39 bits per heavy atom. The van der Waals surface area contributed by atoms with Crippen LogP contribution in [-0.4, -0.2) is 44.7 Å². The third-order valence-electron chi connectivity index (χ3n) is 4.60. The third-order valence-corrected chi connectivity index (χ3v) is 4.60. The summed E-state index contributed by atoms with van der Waals surface area (Å²) in [6, 6.07) is 5.86. The molecular formula is C16H20F2N2O3. The van der Waals surface area contributed by atoms with E-state index in [0.29, 0.717) is 0 Å². The Labute approximate surface area is 133 Å². The number of alkyl halides is 1. The molecule has 0 amide bonds. The number of aliphatic imine (C=N–C) groups is 1. The molecule has 126 valence electrons. The predicted molar refractivity (Wildman–Crippen MR) is 80.2 cm³/mol. The molecule has 2 N–H and O–H groups in total. The smallest absolute Gasteiger partial charge is 0.283 e. The highest BCUT2D eigenvalue weighted by Gasteiger charge is 2.59. The first-order chi connectivity index (χ1) is 11.0. The van der Waals surface area contributed by atoms with Gasteiger partial charge in [-0.15, -0.1) is 0 Å². The number of methoxy groups -OCH3 is 1. The summed E-state index contributed by atoms with van der Waals surface area (Å²) in [5.41, 5.74) is 4.44. The van der Waals surface area contributed by atoms with E-state index < -0.39 is 36.2 Å². The fourth-order valence-corrected chi connectivity index (χ4v) is 3.68. The third kappa shape index (κ3) is 2.48. The first-order valence-corrected chi connectivity index (χ1v) is 7.51. The first-order valence-electron chi connectivity index (χ1n) is 7.51. The van der Waals surface area contributed by atoms with Gasteiger partial charge in [0.15, 0.2) is 0 Å². The molecule has 2 heterocycles. The Bertz CT molecular complexity index is 613. The minimum Gasteiger partial charge on any atom is -0.459 e. The van der Waals surface area contributed by atoms with Crippen molar-refractivity contribution < 1.29 is 23.0 Å².